The molecule has 1 N–H and O–H groups in total. The molecule has 170 valence electrons. The Morgan fingerprint density at radius 3 is 2.64 bits per heavy atom. The Bertz CT molecular complexity index is 1140. The van der Waals surface area contributed by atoms with Gasteiger partial charge in [-0.15, -0.1) is 22.0 Å². The maximum atomic E-state index is 12.6. The van der Waals surface area contributed by atoms with Crippen LogP contribution in [0.4, 0.5) is 5.13 Å². The Labute approximate surface area is 203 Å². The van der Waals surface area contributed by atoms with Crippen molar-refractivity contribution in [1.82, 2.24) is 15.1 Å². The molecule has 1 saturated heterocycles. The van der Waals surface area contributed by atoms with Crippen molar-refractivity contribution >= 4 is 57.8 Å². The average Bonchev–Trinajstić information content (AvgIpc) is 3.44. The molecule has 1 atom stereocenters. The number of amides is 2. The van der Waals surface area contributed by atoms with Crippen LogP contribution in [0.2, 0.25) is 0 Å². The number of ether oxygens (including phenoxy) is 1. The summed E-state index contributed by atoms with van der Waals surface area (Å²) < 4.78 is 5.16. The van der Waals surface area contributed by atoms with Gasteiger partial charge >= 0.3 is 5.97 Å². The number of methoxy groups -OCH3 is 1. The third-order valence-electron chi connectivity index (χ3n) is 4.79. The quantitative estimate of drug-likeness (QED) is 0.283. The highest BCUT2D eigenvalue weighted by molar-refractivity contribution is 8.01. The second-order valence-electron chi connectivity index (χ2n) is 6.98. The molecule has 0 spiro atoms. The lowest BCUT2D eigenvalue weighted by Crippen LogP contribution is -2.27. The third-order valence-corrected chi connectivity index (χ3v) is 7.99. The van der Waals surface area contributed by atoms with E-state index in [-0.39, 0.29) is 28.9 Å². The molecule has 0 bridgehead atoms. The lowest BCUT2D eigenvalue weighted by atomic mass is 10.1. The highest BCUT2D eigenvalue weighted by Crippen LogP contribution is 2.39. The number of carbonyl (C=O) groups excluding carboxylic acids is 3. The Morgan fingerprint density at radius 2 is 1.91 bits per heavy atom. The molecule has 11 heteroatoms. The number of carbonyl (C=O) groups is 3. The first-order valence-corrected chi connectivity index (χ1v) is 12.8. The second-order valence-corrected chi connectivity index (χ2v) is 10.3. The van der Waals surface area contributed by atoms with Gasteiger partial charge in [0.05, 0.1) is 18.6 Å². The van der Waals surface area contributed by atoms with Gasteiger partial charge in [-0.1, -0.05) is 65.6 Å². The second kappa shape index (κ2) is 10.8. The summed E-state index contributed by atoms with van der Waals surface area (Å²) in [6, 6.07) is 17.1. The molecule has 1 aromatic heterocycles. The third kappa shape index (κ3) is 5.92. The van der Waals surface area contributed by atoms with E-state index in [1.165, 1.54) is 30.2 Å². The van der Waals surface area contributed by atoms with Crippen molar-refractivity contribution in [2.75, 3.05) is 23.9 Å². The van der Waals surface area contributed by atoms with Gasteiger partial charge in [0.15, 0.2) is 4.34 Å². The number of benzene rings is 2. The fourth-order valence-electron chi connectivity index (χ4n) is 3.15. The molecule has 0 aliphatic carbocycles. The SMILES string of the molecule is COC(=O)CSc1nnc(NC(=O)c2ccc(C3SCC(=O)N3Cc3ccccc3)cc2)s1. The zero-order valence-electron chi connectivity index (χ0n) is 17.6. The van der Waals surface area contributed by atoms with Gasteiger partial charge in [0.25, 0.3) is 5.91 Å². The van der Waals surface area contributed by atoms with Gasteiger partial charge < -0.3 is 9.64 Å². The highest BCUT2D eigenvalue weighted by Gasteiger charge is 2.32. The van der Waals surface area contributed by atoms with Crippen LogP contribution >= 0.6 is 34.9 Å². The van der Waals surface area contributed by atoms with Crippen LogP contribution in [0.1, 0.15) is 26.9 Å². The molecule has 2 heterocycles. The number of rotatable bonds is 8. The molecule has 8 nitrogen and oxygen atoms in total. The van der Waals surface area contributed by atoms with E-state index in [9.17, 15) is 14.4 Å². The molecule has 33 heavy (non-hydrogen) atoms. The number of anilines is 1. The van der Waals surface area contributed by atoms with E-state index in [4.69, 9.17) is 0 Å². The van der Waals surface area contributed by atoms with Crippen molar-refractivity contribution < 1.29 is 19.1 Å². The van der Waals surface area contributed by atoms with Gasteiger partial charge in [0, 0.05) is 12.1 Å². The summed E-state index contributed by atoms with van der Waals surface area (Å²) >= 11 is 3.97. The fourth-order valence-corrected chi connectivity index (χ4v) is 5.92. The minimum Gasteiger partial charge on any atom is -0.468 e. The smallest absolute Gasteiger partial charge is 0.316 e. The first-order chi connectivity index (χ1) is 16.0. The van der Waals surface area contributed by atoms with Crippen LogP contribution in [0, 0.1) is 0 Å². The van der Waals surface area contributed by atoms with Gasteiger partial charge in [-0.3, -0.25) is 19.7 Å². The highest BCUT2D eigenvalue weighted by atomic mass is 32.2. The standard InChI is InChI=1S/C22H20N4O4S3/c1-30-18(28)13-32-22-25-24-21(33-22)23-19(29)15-7-9-16(10-8-15)20-26(17(27)12-31-20)11-14-5-3-2-4-6-14/h2-10,20H,11-13H2,1H3,(H,23,24,29). The Hall–Kier alpha value is -2.89. The molecule has 1 aliphatic rings. The molecule has 4 rings (SSSR count). The molecule has 0 saturated carbocycles. The molecular weight excluding hydrogens is 480 g/mol. The van der Waals surface area contributed by atoms with Crippen LogP contribution in [0.3, 0.4) is 0 Å². The van der Waals surface area contributed by atoms with Crippen molar-refractivity contribution in [3.8, 4) is 0 Å². The first kappa shape index (κ1) is 23.3. The number of hydrogen-bond acceptors (Lipinski definition) is 9. The molecule has 2 amide bonds. The maximum absolute atomic E-state index is 12.6. The number of nitrogens with zero attached hydrogens (tertiary/aromatic N) is 3. The van der Waals surface area contributed by atoms with Crippen LogP contribution in [-0.4, -0.2) is 51.5 Å². The van der Waals surface area contributed by atoms with Crippen LogP contribution in [0.5, 0.6) is 0 Å². The van der Waals surface area contributed by atoms with Crippen molar-refractivity contribution in [3.05, 3.63) is 71.3 Å². The zero-order chi connectivity index (χ0) is 23.2. The summed E-state index contributed by atoms with van der Waals surface area (Å²) in [5.74, 6) is 0.00745. The predicted octanol–water partition coefficient (Wildman–Crippen LogP) is 3.83. The van der Waals surface area contributed by atoms with E-state index in [1.54, 1.807) is 23.9 Å². The van der Waals surface area contributed by atoms with E-state index in [0.717, 1.165) is 11.1 Å². The molecule has 1 unspecified atom stereocenters. The number of hydrogen-bond donors (Lipinski definition) is 1. The number of aromatic nitrogens is 2. The van der Waals surface area contributed by atoms with Crippen molar-refractivity contribution in [1.29, 1.82) is 0 Å². The fraction of sp³-hybridized carbons (Fsp3) is 0.227. The number of nitrogens with one attached hydrogen (secondary N) is 1. The largest absolute Gasteiger partial charge is 0.468 e. The maximum Gasteiger partial charge on any atom is 0.316 e. The Kier molecular flexibility index (Phi) is 7.63. The molecule has 1 aliphatic heterocycles. The lowest BCUT2D eigenvalue weighted by molar-refractivity contribution is -0.137. The van der Waals surface area contributed by atoms with Gasteiger partial charge in [0.1, 0.15) is 5.37 Å². The number of esters is 1. The monoisotopic (exact) mass is 500 g/mol. The zero-order valence-corrected chi connectivity index (χ0v) is 20.0. The molecule has 1 fully saturated rings. The lowest BCUT2D eigenvalue weighted by Gasteiger charge is -2.24. The number of thioether (sulfide) groups is 2. The summed E-state index contributed by atoms with van der Waals surface area (Å²) in [5, 5.41) is 10.9. The summed E-state index contributed by atoms with van der Waals surface area (Å²) in [7, 11) is 1.32. The van der Waals surface area contributed by atoms with E-state index >= 15 is 0 Å². The topological polar surface area (TPSA) is 101 Å². The van der Waals surface area contributed by atoms with Crippen LogP contribution < -0.4 is 5.32 Å². The van der Waals surface area contributed by atoms with Crippen LogP contribution in [-0.2, 0) is 20.9 Å². The molecule has 0 radical (unpaired) electrons. The molecule has 3 aromatic rings. The van der Waals surface area contributed by atoms with E-state index < -0.39 is 0 Å². The van der Waals surface area contributed by atoms with E-state index in [2.05, 4.69) is 20.3 Å². The van der Waals surface area contributed by atoms with Crippen LogP contribution in [0.15, 0.2) is 58.9 Å². The van der Waals surface area contributed by atoms with Crippen molar-refractivity contribution in [3.63, 3.8) is 0 Å². The minimum absolute atomic E-state index is 0.0904. The molecular formula is C22H20N4O4S3. The van der Waals surface area contributed by atoms with Crippen molar-refractivity contribution in [2.24, 2.45) is 0 Å². The summed E-state index contributed by atoms with van der Waals surface area (Å²) in [6.07, 6.45) is 0. The van der Waals surface area contributed by atoms with E-state index in [1.807, 2.05) is 47.4 Å². The van der Waals surface area contributed by atoms with Gasteiger partial charge in [-0.05, 0) is 23.3 Å². The predicted molar refractivity (Wildman–Crippen MR) is 129 cm³/mol. The first-order valence-electron chi connectivity index (χ1n) is 9.93. The minimum atomic E-state index is -0.356. The normalized spacial score (nSPS) is 15.5. The summed E-state index contributed by atoms with van der Waals surface area (Å²) in [4.78, 5) is 38.1. The average molecular weight is 501 g/mol. The van der Waals surface area contributed by atoms with Crippen molar-refractivity contribution in [2.45, 2.75) is 16.3 Å². The van der Waals surface area contributed by atoms with Crippen LogP contribution in [0.25, 0.3) is 0 Å². The van der Waals surface area contributed by atoms with Gasteiger partial charge in [-0.25, -0.2) is 0 Å². The molecule has 2 aromatic carbocycles. The Balaban J connectivity index is 1.38. The van der Waals surface area contributed by atoms with E-state index in [0.29, 0.717) is 27.3 Å². The summed E-state index contributed by atoms with van der Waals surface area (Å²) in [5.41, 5.74) is 2.52. The van der Waals surface area contributed by atoms with Gasteiger partial charge in [0.2, 0.25) is 11.0 Å². The van der Waals surface area contributed by atoms with Gasteiger partial charge in [-0.2, -0.15) is 0 Å². The Morgan fingerprint density at radius 1 is 1.15 bits per heavy atom. The summed E-state index contributed by atoms with van der Waals surface area (Å²) in [6.45, 7) is 0.549.